The molecule has 0 saturated heterocycles. The van der Waals surface area contributed by atoms with Gasteiger partial charge in [0.1, 0.15) is 11.4 Å². The third-order valence-electron chi connectivity index (χ3n) is 3.97. The Balaban J connectivity index is 1.63. The van der Waals surface area contributed by atoms with Crippen molar-refractivity contribution in [1.29, 1.82) is 0 Å². The first kappa shape index (κ1) is 17.8. The van der Waals surface area contributed by atoms with Crippen molar-refractivity contribution in [2.75, 3.05) is 6.54 Å². The molecule has 1 aromatic rings. The fraction of sp³-hybridized carbons (Fsp3) is 0.765. The van der Waals surface area contributed by atoms with E-state index in [1.807, 2.05) is 27.0 Å². The third kappa shape index (κ3) is 7.03. The van der Waals surface area contributed by atoms with Gasteiger partial charge in [0.15, 0.2) is 0 Å². The van der Waals surface area contributed by atoms with Gasteiger partial charge in [0, 0.05) is 30.9 Å². The van der Waals surface area contributed by atoms with E-state index in [4.69, 9.17) is 4.74 Å². The van der Waals surface area contributed by atoms with Gasteiger partial charge in [-0.3, -0.25) is 0 Å². The number of H-pyrrole nitrogens is 1. The Kier molecular flexibility index (Phi) is 6.45. The van der Waals surface area contributed by atoms with Gasteiger partial charge in [0.2, 0.25) is 0 Å². The van der Waals surface area contributed by atoms with Gasteiger partial charge >= 0.3 is 6.09 Å². The Morgan fingerprint density at radius 2 is 2.17 bits per heavy atom. The number of ether oxygens (including phenoxy) is 1. The summed E-state index contributed by atoms with van der Waals surface area (Å²) < 4.78 is 5.33. The fourth-order valence-electron chi connectivity index (χ4n) is 2.98. The highest BCUT2D eigenvalue weighted by molar-refractivity contribution is 5.68. The number of carbonyl (C=O) groups excluding carboxylic acids is 1. The van der Waals surface area contributed by atoms with Crippen LogP contribution < -0.4 is 10.6 Å². The average molecular weight is 322 g/mol. The molecule has 2 unspecified atom stereocenters. The molecule has 0 bridgehead atoms. The van der Waals surface area contributed by atoms with Crippen LogP contribution in [0.1, 0.15) is 58.7 Å². The van der Waals surface area contributed by atoms with E-state index in [2.05, 4.69) is 20.6 Å². The Labute approximate surface area is 138 Å². The molecule has 1 heterocycles. The number of carbonyl (C=O) groups is 1. The molecule has 3 N–H and O–H groups in total. The van der Waals surface area contributed by atoms with Crippen molar-refractivity contribution in [2.45, 2.75) is 77.0 Å². The van der Waals surface area contributed by atoms with Crippen molar-refractivity contribution in [1.82, 2.24) is 20.6 Å². The van der Waals surface area contributed by atoms with Crippen LogP contribution in [-0.4, -0.2) is 40.3 Å². The maximum absolute atomic E-state index is 11.9. The number of imidazole rings is 1. The van der Waals surface area contributed by atoms with Gasteiger partial charge in [-0.25, -0.2) is 9.78 Å². The van der Waals surface area contributed by atoms with Gasteiger partial charge in [0.05, 0.1) is 0 Å². The fourth-order valence-corrected chi connectivity index (χ4v) is 2.98. The number of aromatic nitrogens is 2. The van der Waals surface area contributed by atoms with Crippen LogP contribution in [0.25, 0.3) is 0 Å². The highest BCUT2D eigenvalue weighted by Crippen LogP contribution is 2.19. The largest absolute Gasteiger partial charge is 0.444 e. The molecule has 0 radical (unpaired) electrons. The molecule has 1 amide bonds. The van der Waals surface area contributed by atoms with Crippen LogP contribution in [-0.2, 0) is 11.2 Å². The van der Waals surface area contributed by atoms with E-state index in [0.29, 0.717) is 6.04 Å². The summed E-state index contributed by atoms with van der Waals surface area (Å²) in [6, 6.07) is 0.682. The van der Waals surface area contributed by atoms with Crippen LogP contribution in [0.15, 0.2) is 12.4 Å². The number of aromatic amines is 1. The van der Waals surface area contributed by atoms with Crippen LogP contribution in [0.2, 0.25) is 0 Å². The summed E-state index contributed by atoms with van der Waals surface area (Å²) >= 11 is 0. The van der Waals surface area contributed by atoms with Crippen molar-refractivity contribution >= 4 is 6.09 Å². The minimum absolute atomic E-state index is 0.209. The lowest BCUT2D eigenvalue weighted by molar-refractivity contribution is 0.0488. The van der Waals surface area contributed by atoms with E-state index in [9.17, 15) is 4.79 Å². The van der Waals surface area contributed by atoms with E-state index in [-0.39, 0.29) is 12.1 Å². The number of amides is 1. The summed E-state index contributed by atoms with van der Waals surface area (Å²) in [6.45, 7) is 6.63. The molecule has 0 aliphatic heterocycles. The maximum Gasteiger partial charge on any atom is 0.407 e. The first-order valence-corrected chi connectivity index (χ1v) is 8.63. The predicted octanol–water partition coefficient (Wildman–Crippen LogP) is 2.77. The van der Waals surface area contributed by atoms with Gasteiger partial charge in [-0.05, 0) is 59.4 Å². The van der Waals surface area contributed by atoms with Crippen LogP contribution in [0.5, 0.6) is 0 Å². The molecule has 1 aliphatic rings. The summed E-state index contributed by atoms with van der Waals surface area (Å²) in [5.41, 5.74) is -0.442. The second-order valence-electron chi connectivity index (χ2n) is 7.30. The molecular weight excluding hydrogens is 292 g/mol. The van der Waals surface area contributed by atoms with Crippen molar-refractivity contribution < 1.29 is 9.53 Å². The smallest absolute Gasteiger partial charge is 0.407 e. The van der Waals surface area contributed by atoms with Crippen molar-refractivity contribution in [3.8, 4) is 0 Å². The van der Waals surface area contributed by atoms with Gasteiger partial charge in [-0.2, -0.15) is 0 Å². The van der Waals surface area contributed by atoms with Gasteiger partial charge in [0.25, 0.3) is 0 Å². The van der Waals surface area contributed by atoms with Crippen molar-refractivity contribution in [3.05, 3.63) is 18.2 Å². The van der Waals surface area contributed by atoms with Crippen LogP contribution >= 0.6 is 0 Å². The summed E-state index contributed by atoms with van der Waals surface area (Å²) in [5.74, 6) is 1.04. The highest BCUT2D eigenvalue weighted by atomic mass is 16.6. The van der Waals surface area contributed by atoms with Crippen LogP contribution in [0.3, 0.4) is 0 Å². The summed E-state index contributed by atoms with van der Waals surface area (Å²) in [6.07, 6.45) is 9.68. The average Bonchev–Trinajstić information content (AvgIpc) is 2.95. The summed E-state index contributed by atoms with van der Waals surface area (Å²) in [5, 5.41) is 6.60. The van der Waals surface area contributed by atoms with Crippen molar-refractivity contribution in [3.63, 3.8) is 0 Å². The molecule has 1 aromatic heterocycles. The Hall–Kier alpha value is -1.56. The van der Waals surface area contributed by atoms with Gasteiger partial charge in [-0.1, -0.05) is 0 Å². The second-order valence-corrected chi connectivity index (χ2v) is 7.30. The van der Waals surface area contributed by atoms with Crippen molar-refractivity contribution in [2.24, 2.45) is 0 Å². The van der Waals surface area contributed by atoms with E-state index in [0.717, 1.165) is 44.5 Å². The van der Waals surface area contributed by atoms with E-state index >= 15 is 0 Å². The number of aryl methyl sites for hydroxylation is 1. The number of nitrogens with zero attached hydrogens (tertiary/aromatic N) is 1. The molecular formula is C17H30N4O2. The standard InChI is InChI=1S/C17H30N4O2/c1-17(2,3)23-16(22)21-14-7-4-6-13(12-14)18-9-5-8-15-19-10-11-20-15/h10-11,13-14,18H,4-9,12H2,1-3H3,(H,19,20)(H,21,22). The number of alkyl carbamates (subject to hydrolysis) is 1. The zero-order valence-electron chi connectivity index (χ0n) is 14.5. The number of hydrogen-bond donors (Lipinski definition) is 3. The summed E-state index contributed by atoms with van der Waals surface area (Å²) in [7, 11) is 0. The molecule has 2 atom stereocenters. The molecule has 6 nitrogen and oxygen atoms in total. The summed E-state index contributed by atoms with van der Waals surface area (Å²) in [4.78, 5) is 19.2. The Morgan fingerprint density at radius 1 is 1.39 bits per heavy atom. The lowest BCUT2D eigenvalue weighted by Gasteiger charge is -2.31. The van der Waals surface area contributed by atoms with Crippen LogP contribution in [0.4, 0.5) is 4.79 Å². The van der Waals surface area contributed by atoms with E-state index < -0.39 is 5.60 Å². The lowest BCUT2D eigenvalue weighted by atomic mass is 9.91. The van der Waals surface area contributed by atoms with Gasteiger partial charge < -0.3 is 20.4 Å². The maximum atomic E-state index is 11.9. The molecule has 1 saturated carbocycles. The Morgan fingerprint density at radius 3 is 2.87 bits per heavy atom. The Bertz CT molecular complexity index is 467. The SMILES string of the molecule is CC(C)(C)OC(=O)NC1CCCC(NCCCc2ncc[nH]2)C1. The quantitative estimate of drug-likeness (QED) is 0.704. The first-order chi connectivity index (χ1) is 10.9. The number of rotatable bonds is 6. The zero-order valence-corrected chi connectivity index (χ0v) is 14.5. The predicted molar refractivity (Wildman–Crippen MR) is 90.3 cm³/mol. The molecule has 1 aliphatic carbocycles. The minimum Gasteiger partial charge on any atom is -0.444 e. The molecule has 23 heavy (non-hydrogen) atoms. The second kappa shape index (κ2) is 8.34. The number of hydrogen-bond acceptors (Lipinski definition) is 4. The zero-order chi connectivity index (χ0) is 16.7. The molecule has 0 spiro atoms. The molecule has 2 rings (SSSR count). The first-order valence-electron chi connectivity index (χ1n) is 8.63. The lowest BCUT2D eigenvalue weighted by Crippen LogP contribution is -2.45. The van der Waals surface area contributed by atoms with E-state index in [1.165, 1.54) is 6.42 Å². The molecule has 1 fully saturated rings. The van der Waals surface area contributed by atoms with E-state index in [1.54, 1.807) is 6.20 Å². The molecule has 130 valence electrons. The topological polar surface area (TPSA) is 79.0 Å². The minimum atomic E-state index is -0.442. The normalized spacial score (nSPS) is 21.9. The number of nitrogens with one attached hydrogen (secondary N) is 3. The molecule has 6 heteroatoms. The monoisotopic (exact) mass is 322 g/mol. The third-order valence-corrected chi connectivity index (χ3v) is 3.97. The molecule has 0 aromatic carbocycles. The highest BCUT2D eigenvalue weighted by Gasteiger charge is 2.25. The van der Waals surface area contributed by atoms with Crippen LogP contribution in [0, 0.1) is 0 Å². The van der Waals surface area contributed by atoms with Gasteiger partial charge in [-0.15, -0.1) is 0 Å².